The number of carbonyl (C=O) groups is 1. The number of hydrogen-bond donors (Lipinski definition) is 1. The minimum Gasteiger partial charge on any atom is -0.360 e. The second-order valence-corrected chi connectivity index (χ2v) is 5.80. The summed E-state index contributed by atoms with van der Waals surface area (Å²) in [4.78, 5) is 21.4. The van der Waals surface area contributed by atoms with Gasteiger partial charge in [-0.25, -0.2) is 9.37 Å². The first-order valence-corrected chi connectivity index (χ1v) is 7.66. The maximum atomic E-state index is 13.5. The maximum Gasteiger partial charge on any atom is 0.274 e. The van der Waals surface area contributed by atoms with Crippen LogP contribution in [0.5, 0.6) is 0 Å². The van der Waals surface area contributed by atoms with Gasteiger partial charge in [-0.15, -0.1) is 0 Å². The van der Waals surface area contributed by atoms with Crippen LogP contribution in [0.1, 0.15) is 27.5 Å². The molecule has 0 aliphatic carbocycles. The van der Waals surface area contributed by atoms with Crippen LogP contribution >= 0.6 is 0 Å². The molecule has 0 fully saturated rings. The van der Waals surface area contributed by atoms with Crippen molar-refractivity contribution in [2.45, 2.75) is 19.9 Å². The number of amides is 1. The highest BCUT2D eigenvalue weighted by Gasteiger charge is 2.29. The average Bonchev–Trinajstić information content (AvgIpc) is 3.19. The van der Waals surface area contributed by atoms with Gasteiger partial charge in [0, 0.05) is 29.8 Å². The molecule has 1 N–H and O–H groups in total. The van der Waals surface area contributed by atoms with Crippen molar-refractivity contribution in [3.63, 3.8) is 0 Å². The maximum absolute atomic E-state index is 13.5. The third-order valence-electron chi connectivity index (χ3n) is 4.25. The van der Waals surface area contributed by atoms with E-state index in [1.165, 1.54) is 18.5 Å². The van der Waals surface area contributed by atoms with E-state index >= 15 is 0 Å². The predicted octanol–water partition coefficient (Wildman–Crippen LogP) is 2.71. The number of hydrogen-bond acceptors (Lipinski definition) is 4. The van der Waals surface area contributed by atoms with Gasteiger partial charge in [0.05, 0.1) is 12.9 Å². The molecular formula is C17H15FN4O2. The Balaban J connectivity index is 1.66. The summed E-state index contributed by atoms with van der Waals surface area (Å²) < 4.78 is 18.9. The van der Waals surface area contributed by atoms with Gasteiger partial charge in [-0.05, 0) is 19.1 Å². The van der Waals surface area contributed by atoms with E-state index < -0.39 is 0 Å². The molecule has 3 aromatic rings. The summed E-state index contributed by atoms with van der Waals surface area (Å²) in [6.45, 7) is 2.72. The zero-order valence-electron chi connectivity index (χ0n) is 13.0. The highest BCUT2D eigenvalue weighted by molar-refractivity contribution is 5.93. The molecule has 7 heteroatoms. The van der Waals surface area contributed by atoms with E-state index in [9.17, 15) is 9.18 Å². The monoisotopic (exact) mass is 326 g/mol. The topological polar surface area (TPSA) is 75.0 Å². The minimum absolute atomic E-state index is 0.134. The van der Waals surface area contributed by atoms with Crippen LogP contribution in [0.4, 0.5) is 4.39 Å². The predicted molar refractivity (Wildman–Crippen MR) is 83.7 cm³/mol. The van der Waals surface area contributed by atoms with Crippen LogP contribution in [-0.2, 0) is 13.0 Å². The van der Waals surface area contributed by atoms with Crippen LogP contribution in [0.15, 0.2) is 35.1 Å². The van der Waals surface area contributed by atoms with Gasteiger partial charge in [-0.2, -0.15) is 0 Å². The first-order chi connectivity index (χ1) is 11.6. The van der Waals surface area contributed by atoms with E-state index in [1.807, 2.05) is 6.92 Å². The van der Waals surface area contributed by atoms with E-state index in [4.69, 9.17) is 4.52 Å². The number of aryl methyl sites for hydroxylation is 1. The minimum atomic E-state index is -0.333. The summed E-state index contributed by atoms with van der Waals surface area (Å²) in [6.07, 6.45) is 2.09. The lowest BCUT2D eigenvalue weighted by Gasteiger charge is -2.25. The number of H-pyrrole nitrogens is 1. The molecule has 3 heterocycles. The van der Waals surface area contributed by atoms with Crippen molar-refractivity contribution < 1.29 is 13.7 Å². The Morgan fingerprint density at radius 1 is 1.42 bits per heavy atom. The van der Waals surface area contributed by atoms with Gasteiger partial charge in [0.15, 0.2) is 0 Å². The molecular weight excluding hydrogens is 311 g/mol. The second-order valence-electron chi connectivity index (χ2n) is 5.80. The molecule has 0 saturated heterocycles. The smallest absolute Gasteiger partial charge is 0.274 e. The molecule has 0 atom stereocenters. The molecule has 1 aliphatic rings. The van der Waals surface area contributed by atoms with E-state index in [0.29, 0.717) is 36.5 Å². The van der Waals surface area contributed by atoms with E-state index in [0.717, 1.165) is 17.0 Å². The number of halogens is 1. The SMILES string of the molecule is Cc1[nH]cnc1C(=O)N1CCc2onc(-c3cccc(F)c3)c2C1. The van der Waals surface area contributed by atoms with E-state index in [1.54, 1.807) is 17.0 Å². The number of aromatic amines is 1. The first kappa shape index (κ1) is 14.6. The van der Waals surface area contributed by atoms with Crippen LogP contribution in [0.3, 0.4) is 0 Å². The largest absolute Gasteiger partial charge is 0.360 e. The van der Waals surface area contributed by atoms with Crippen molar-refractivity contribution in [3.05, 3.63) is 59.1 Å². The summed E-state index contributed by atoms with van der Waals surface area (Å²) in [5.74, 6) is 0.281. The molecule has 0 bridgehead atoms. The zero-order chi connectivity index (χ0) is 16.7. The van der Waals surface area contributed by atoms with Crippen LogP contribution < -0.4 is 0 Å². The van der Waals surface area contributed by atoms with Crippen LogP contribution in [0, 0.1) is 12.7 Å². The zero-order valence-corrected chi connectivity index (χ0v) is 13.0. The van der Waals surface area contributed by atoms with Crippen molar-refractivity contribution >= 4 is 5.91 Å². The van der Waals surface area contributed by atoms with Crippen molar-refractivity contribution in [1.82, 2.24) is 20.0 Å². The number of aromatic nitrogens is 3. The number of carbonyl (C=O) groups excluding carboxylic acids is 1. The number of nitrogens with zero attached hydrogens (tertiary/aromatic N) is 3. The fraction of sp³-hybridized carbons (Fsp3) is 0.235. The van der Waals surface area contributed by atoms with Crippen molar-refractivity contribution in [2.75, 3.05) is 6.54 Å². The lowest BCUT2D eigenvalue weighted by molar-refractivity contribution is 0.0723. The molecule has 0 spiro atoms. The normalized spacial score (nSPS) is 13.8. The van der Waals surface area contributed by atoms with Gasteiger partial charge in [0.1, 0.15) is 23.0 Å². The third kappa shape index (κ3) is 2.38. The summed E-state index contributed by atoms with van der Waals surface area (Å²) >= 11 is 0. The summed E-state index contributed by atoms with van der Waals surface area (Å²) in [6, 6.07) is 6.20. The highest BCUT2D eigenvalue weighted by atomic mass is 19.1. The Morgan fingerprint density at radius 3 is 3.04 bits per heavy atom. The summed E-state index contributed by atoms with van der Waals surface area (Å²) in [5, 5.41) is 4.08. The number of benzene rings is 1. The number of imidazole rings is 1. The molecule has 6 nitrogen and oxygen atoms in total. The molecule has 1 aliphatic heterocycles. The Hall–Kier alpha value is -2.96. The molecule has 0 saturated carbocycles. The Bertz CT molecular complexity index is 915. The number of rotatable bonds is 2. The molecule has 1 aromatic carbocycles. The molecule has 1 amide bonds. The quantitative estimate of drug-likeness (QED) is 0.786. The average molecular weight is 326 g/mol. The molecule has 2 aromatic heterocycles. The summed E-state index contributed by atoms with van der Waals surface area (Å²) in [5.41, 5.74) is 3.21. The highest BCUT2D eigenvalue weighted by Crippen LogP contribution is 2.30. The standard InChI is InChI=1S/C17H15FN4O2/c1-10-15(20-9-19-10)17(23)22-6-5-14-13(8-22)16(21-24-14)11-3-2-4-12(18)7-11/h2-4,7,9H,5-6,8H2,1H3,(H,19,20). The van der Waals surface area contributed by atoms with Gasteiger partial charge in [-0.1, -0.05) is 17.3 Å². The van der Waals surface area contributed by atoms with Crippen molar-refractivity contribution in [3.8, 4) is 11.3 Å². The number of nitrogens with one attached hydrogen (secondary N) is 1. The van der Waals surface area contributed by atoms with Gasteiger partial charge in [0.25, 0.3) is 5.91 Å². The van der Waals surface area contributed by atoms with Crippen LogP contribution in [0.2, 0.25) is 0 Å². The number of fused-ring (bicyclic) bond motifs is 1. The molecule has 24 heavy (non-hydrogen) atoms. The molecule has 0 radical (unpaired) electrons. The fourth-order valence-corrected chi connectivity index (χ4v) is 2.97. The van der Waals surface area contributed by atoms with E-state index in [-0.39, 0.29) is 11.7 Å². The fourth-order valence-electron chi connectivity index (χ4n) is 2.97. The molecule has 4 rings (SSSR count). The van der Waals surface area contributed by atoms with Gasteiger partial charge in [-0.3, -0.25) is 4.79 Å². The van der Waals surface area contributed by atoms with Crippen molar-refractivity contribution in [1.29, 1.82) is 0 Å². The Labute approximate surface area is 137 Å². The lowest BCUT2D eigenvalue weighted by atomic mass is 10.0. The lowest BCUT2D eigenvalue weighted by Crippen LogP contribution is -2.36. The van der Waals surface area contributed by atoms with E-state index in [2.05, 4.69) is 15.1 Å². The first-order valence-electron chi connectivity index (χ1n) is 7.66. The van der Waals surface area contributed by atoms with Gasteiger partial charge < -0.3 is 14.4 Å². The van der Waals surface area contributed by atoms with Crippen LogP contribution in [0.25, 0.3) is 11.3 Å². The van der Waals surface area contributed by atoms with Crippen LogP contribution in [-0.4, -0.2) is 32.5 Å². The third-order valence-corrected chi connectivity index (χ3v) is 4.25. The molecule has 122 valence electrons. The Kier molecular flexibility index (Phi) is 3.41. The molecule has 0 unspecified atom stereocenters. The second kappa shape index (κ2) is 5.59. The van der Waals surface area contributed by atoms with Crippen molar-refractivity contribution in [2.24, 2.45) is 0 Å². The van der Waals surface area contributed by atoms with Gasteiger partial charge >= 0.3 is 0 Å². The van der Waals surface area contributed by atoms with Gasteiger partial charge in [0.2, 0.25) is 0 Å². The summed E-state index contributed by atoms with van der Waals surface area (Å²) in [7, 11) is 0. The Morgan fingerprint density at radius 2 is 2.29 bits per heavy atom.